The summed E-state index contributed by atoms with van der Waals surface area (Å²) in [6, 6.07) is 0. The van der Waals surface area contributed by atoms with Crippen molar-refractivity contribution in [3.8, 4) is 0 Å². The minimum atomic E-state index is -0.375. The first-order valence-electron chi connectivity index (χ1n) is 4.81. The molecule has 2 unspecified atom stereocenters. The Labute approximate surface area is 82.4 Å². The van der Waals surface area contributed by atoms with Crippen LogP contribution in [0.15, 0.2) is 23.9 Å². The van der Waals surface area contributed by atoms with Gasteiger partial charge < -0.3 is 5.73 Å². The molecule has 0 amide bonds. The lowest BCUT2D eigenvalue weighted by Gasteiger charge is -2.52. The smallest absolute Gasteiger partial charge is 0.0273 e. The van der Waals surface area contributed by atoms with Crippen LogP contribution in [-0.2, 0) is 0 Å². The average Bonchev–Trinajstić information content (AvgIpc) is 1.92. The summed E-state index contributed by atoms with van der Waals surface area (Å²) in [4.78, 5) is 0. The van der Waals surface area contributed by atoms with Crippen LogP contribution >= 0.6 is 10.0 Å². The van der Waals surface area contributed by atoms with Crippen LogP contribution in [0.1, 0.15) is 6.42 Å². The van der Waals surface area contributed by atoms with Gasteiger partial charge in [0.15, 0.2) is 0 Å². The lowest BCUT2D eigenvalue weighted by molar-refractivity contribution is 0.293. The van der Waals surface area contributed by atoms with Crippen LogP contribution < -0.4 is 5.73 Å². The summed E-state index contributed by atoms with van der Waals surface area (Å²) in [6.45, 7) is 0. The zero-order chi connectivity index (χ0) is 9.64. The Balaban J connectivity index is 2.09. The van der Waals surface area contributed by atoms with Gasteiger partial charge in [-0.05, 0) is 48.3 Å². The van der Waals surface area contributed by atoms with E-state index in [-0.39, 0.29) is 10.0 Å². The summed E-state index contributed by atoms with van der Waals surface area (Å²) in [6.07, 6.45) is 15.3. The molecule has 0 aliphatic heterocycles. The molecule has 3 atom stereocenters. The van der Waals surface area contributed by atoms with Crippen molar-refractivity contribution in [3.63, 3.8) is 0 Å². The van der Waals surface area contributed by atoms with Crippen molar-refractivity contribution in [3.05, 3.63) is 23.9 Å². The van der Waals surface area contributed by atoms with Gasteiger partial charge in [0.2, 0.25) is 0 Å². The fourth-order valence-electron chi connectivity index (χ4n) is 2.39. The van der Waals surface area contributed by atoms with Crippen molar-refractivity contribution in [2.24, 2.45) is 17.6 Å². The SMILES string of the molecule is CS(C)(C)C1CC2C=C(N)C=C[C@H]21. The summed E-state index contributed by atoms with van der Waals surface area (Å²) in [5.41, 5.74) is 6.72. The number of nitrogens with two attached hydrogens (primary N) is 1. The molecule has 0 spiro atoms. The van der Waals surface area contributed by atoms with E-state index in [1.54, 1.807) is 0 Å². The Bertz CT molecular complexity index is 272. The topological polar surface area (TPSA) is 26.0 Å². The molecule has 1 nitrogen and oxygen atoms in total. The van der Waals surface area contributed by atoms with Crippen molar-refractivity contribution in [1.82, 2.24) is 0 Å². The molecule has 0 bridgehead atoms. The maximum atomic E-state index is 5.76. The normalized spacial score (nSPS) is 39.0. The minimum absolute atomic E-state index is 0.375. The van der Waals surface area contributed by atoms with E-state index < -0.39 is 0 Å². The van der Waals surface area contributed by atoms with Crippen molar-refractivity contribution in [2.45, 2.75) is 11.7 Å². The van der Waals surface area contributed by atoms with Crippen molar-refractivity contribution < 1.29 is 0 Å². The molecular formula is C11H19NS. The Hall–Kier alpha value is -0.370. The molecule has 0 aromatic rings. The molecule has 0 saturated heterocycles. The predicted octanol–water partition coefficient (Wildman–Crippen LogP) is 2.10. The number of hydrogen-bond donors (Lipinski definition) is 1. The van der Waals surface area contributed by atoms with E-state index in [0.29, 0.717) is 0 Å². The molecule has 2 rings (SSSR count). The second-order valence-corrected chi connectivity index (χ2v) is 9.44. The lowest BCUT2D eigenvalue weighted by atomic mass is 9.70. The molecule has 1 fully saturated rings. The van der Waals surface area contributed by atoms with Gasteiger partial charge in [-0.3, -0.25) is 0 Å². The quantitative estimate of drug-likeness (QED) is 0.684. The zero-order valence-corrected chi connectivity index (χ0v) is 9.47. The monoisotopic (exact) mass is 197 g/mol. The molecular weight excluding hydrogens is 178 g/mol. The highest BCUT2D eigenvalue weighted by molar-refractivity contribution is 8.32. The van der Waals surface area contributed by atoms with Gasteiger partial charge in [-0.2, -0.15) is 0 Å². The summed E-state index contributed by atoms with van der Waals surface area (Å²) in [5, 5.41) is 0.929. The largest absolute Gasteiger partial charge is 0.399 e. The predicted molar refractivity (Wildman–Crippen MR) is 62.2 cm³/mol. The molecule has 74 valence electrons. The second kappa shape index (κ2) is 2.81. The van der Waals surface area contributed by atoms with Crippen LogP contribution in [0, 0.1) is 11.8 Å². The maximum Gasteiger partial charge on any atom is 0.0273 e. The van der Waals surface area contributed by atoms with E-state index >= 15 is 0 Å². The third-order valence-electron chi connectivity index (χ3n) is 3.25. The third-order valence-corrected chi connectivity index (χ3v) is 5.58. The minimum Gasteiger partial charge on any atom is -0.399 e. The molecule has 0 heterocycles. The second-order valence-electron chi connectivity index (χ2n) is 4.97. The summed E-state index contributed by atoms with van der Waals surface area (Å²) in [7, 11) is -0.375. The summed E-state index contributed by atoms with van der Waals surface area (Å²) < 4.78 is 0. The Morgan fingerprint density at radius 2 is 2.08 bits per heavy atom. The highest BCUT2D eigenvalue weighted by atomic mass is 32.3. The van der Waals surface area contributed by atoms with Gasteiger partial charge in [0, 0.05) is 5.70 Å². The summed E-state index contributed by atoms with van der Waals surface area (Å²) in [5.74, 6) is 1.55. The molecule has 2 aliphatic rings. The van der Waals surface area contributed by atoms with Crippen molar-refractivity contribution in [1.29, 1.82) is 0 Å². The van der Waals surface area contributed by atoms with Gasteiger partial charge >= 0.3 is 0 Å². The number of allylic oxidation sites excluding steroid dienone is 3. The van der Waals surface area contributed by atoms with Crippen LogP contribution in [0.4, 0.5) is 0 Å². The van der Waals surface area contributed by atoms with E-state index in [1.165, 1.54) is 6.42 Å². The highest BCUT2D eigenvalue weighted by Gasteiger charge is 2.43. The average molecular weight is 197 g/mol. The van der Waals surface area contributed by atoms with Crippen molar-refractivity contribution in [2.75, 3.05) is 18.8 Å². The molecule has 2 heteroatoms. The fraction of sp³-hybridized carbons (Fsp3) is 0.636. The number of hydrogen-bond acceptors (Lipinski definition) is 1. The van der Waals surface area contributed by atoms with E-state index in [2.05, 4.69) is 37.0 Å². The number of rotatable bonds is 1. The Morgan fingerprint density at radius 1 is 1.38 bits per heavy atom. The van der Waals surface area contributed by atoms with Gasteiger partial charge in [-0.1, -0.05) is 12.2 Å². The molecule has 0 radical (unpaired) electrons. The lowest BCUT2D eigenvalue weighted by Crippen LogP contribution is -2.43. The first kappa shape index (κ1) is 9.20. The maximum absolute atomic E-state index is 5.76. The summed E-state index contributed by atoms with van der Waals surface area (Å²) >= 11 is 0. The van der Waals surface area contributed by atoms with E-state index in [1.807, 2.05) is 0 Å². The highest BCUT2D eigenvalue weighted by Crippen LogP contribution is 2.57. The van der Waals surface area contributed by atoms with E-state index in [9.17, 15) is 0 Å². The molecule has 2 N–H and O–H groups in total. The van der Waals surface area contributed by atoms with Gasteiger partial charge in [0.1, 0.15) is 0 Å². The zero-order valence-electron chi connectivity index (χ0n) is 8.66. The molecule has 0 aromatic carbocycles. The third kappa shape index (κ3) is 1.52. The molecule has 13 heavy (non-hydrogen) atoms. The van der Waals surface area contributed by atoms with Crippen molar-refractivity contribution >= 4 is 10.0 Å². The first-order valence-corrected chi connectivity index (χ1v) is 7.73. The fourth-order valence-corrected chi connectivity index (χ4v) is 4.43. The standard InChI is InChI=1S/C11H19NS/c1-13(2,3)11-7-8-6-9(12)4-5-10(8)11/h4-6,8,10-11H,7,12H2,1-3H3/t8?,10-,11?/m1/s1. The van der Waals surface area contributed by atoms with Crippen LogP contribution in [0.2, 0.25) is 0 Å². The van der Waals surface area contributed by atoms with Crippen LogP contribution in [-0.4, -0.2) is 24.0 Å². The Morgan fingerprint density at radius 3 is 2.62 bits per heavy atom. The van der Waals surface area contributed by atoms with Gasteiger partial charge in [0.25, 0.3) is 0 Å². The molecule has 0 aromatic heterocycles. The van der Waals surface area contributed by atoms with E-state index in [0.717, 1.165) is 22.8 Å². The van der Waals surface area contributed by atoms with E-state index in [4.69, 9.17) is 5.73 Å². The molecule has 1 saturated carbocycles. The van der Waals surface area contributed by atoms with Gasteiger partial charge in [-0.15, -0.1) is 0 Å². The van der Waals surface area contributed by atoms with Gasteiger partial charge in [-0.25, -0.2) is 10.0 Å². The number of fused-ring (bicyclic) bond motifs is 1. The van der Waals surface area contributed by atoms with Crippen LogP contribution in [0.5, 0.6) is 0 Å². The van der Waals surface area contributed by atoms with Crippen LogP contribution in [0.3, 0.4) is 0 Å². The van der Waals surface area contributed by atoms with Gasteiger partial charge in [0.05, 0.1) is 0 Å². The first-order chi connectivity index (χ1) is 5.98. The van der Waals surface area contributed by atoms with Crippen LogP contribution in [0.25, 0.3) is 0 Å². The molecule has 2 aliphatic carbocycles. The Kier molecular flexibility index (Phi) is 1.99.